The summed E-state index contributed by atoms with van der Waals surface area (Å²) in [6.45, 7) is 0.883. The van der Waals surface area contributed by atoms with Crippen molar-refractivity contribution in [2.75, 3.05) is 12.8 Å². The van der Waals surface area contributed by atoms with E-state index >= 15 is 0 Å². The lowest BCUT2D eigenvalue weighted by Crippen LogP contribution is -2.48. The van der Waals surface area contributed by atoms with Crippen LogP contribution in [-0.2, 0) is 26.1 Å². The van der Waals surface area contributed by atoms with Gasteiger partial charge in [0.2, 0.25) is 15.9 Å². The fraction of sp³-hybridized carbons (Fsp3) is 0.600. The third-order valence-corrected chi connectivity index (χ3v) is 5.71. The molecule has 0 spiro atoms. The zero-order chi connectivity index (χ0) is 16.4. The molecule has 126 valence electrons. The highest BCUT2D eigenvalue weighted by Gasteiger charge is 2.44. The highest BCUT2D eigenvalue weighted by molar-refractivity contribution is 7.88. The van der Waals surface area contributed by atoms with Crippen LogP contribution in [0.4, 0.5) is 0 Å². The van der Waals surface area contributed by atoms with Gasteiger partial charge in [0.15, 0.2) is 0 Å². The second kappa shape index (κ2) is 6.54. The molecule has 3 atom stereocenters. The van der Waals surface area contributed by atoms with Crippen molar-refractivity contribution in [1.29, 1.82) is 0 Å². The van der Waals surface area contributed by atoms with Gasteiger partial charge >= 0.3 is 0 Å². The SMILES string of the molecule is CS(=O)(=O)N1CC[C@@H]2O[C@@H](C(=O)NCc3cccnc3)CC[C@@H]21. The Morgan fingerprint density at radius 3 is 2.96 bits per heavy atom. The van der Waals surface area contributed by atoms with Gasteiger partial charge in [0.1, 0.15) is 6.10 Å². The highest BCUT2D eigenvalue weighted by Crippen LogP contribution is 2.32. The van der Waals surface area contributed by atoms with Crippen LogP contribution < -0.4 is 5.32 Å². The topological polar surface area (TPSA) is 88.6 Å². The molecule has 0 saturated carbocycles. The number of hydrogen-bond donors (Lipinski definition) is 1. The highest BCUT2D eigenvalue weighted by atomic mass is 32.2. The molecule has 2 aliphatic rings. The fourth-order valence-electron chi connectivity index (χ4n) is 3.30. The maximum Gasteiger partial charge on any atom is 0.249 e. The molecule has 1 aromatic rings. The molecule has 3 rings (SSSR count). The number of hydrogen-bond acceptors (Lipinski definition) is 5. The Balaban J connectivity index is 1.55. The molecule has 0 radical (unpaired) electrons. The Bertz CT molecular complexity index is 665. The van der Waals surface area contributed by atoms with E-state index in [1.54, 1.807) is 12.4 Å². The number of pyridine rings is 1. The monoisotopic (exact) mass is 339 g/mol. The Hall–Kier alpha value is -1.51. The van der Waals surface area contributed by atoms with Crippen LogP contribution in [0.5, 0.6) is 0 Å². The van der Waals surface area contributed by atoms with Crippen molar-refractivity contribution < 1.29 is 17.9 Å². The molecule has 0 bridgehead atoms. The van der Waals surface area contributed by atoms with Gasteiger partial charge in [-0.15, -0.1) is 0 Å². The Labute approximate surface area is 136 Å². The standard InChI is InChI=1S/C15H21N3O4S/c1-23(20,21)18-8-6-13-12(18)4-5-14(22-13)15(19)17-10-11-3-2-7-16-9-11/h2-3,7,9,12-14H,4-6,8,10H2,1H3,(H,17,19)/t12-,13-,14+/m0/s1. The summed E-state index contributed by atoms with van der Waals surface area (Å²) in [5.74, 6) is -0.148. The zero-order valence-corrected chi connectivity index (χ0v) is 13.8. The summed E-state index contributed by atoms with van der Waals surface area (Å²) in [5, 5.41) is 2.85. The molecule has 2 aliphatic heterocycles. The number of sulfonamides is 1. The number of rotatable bonds is 4. The first-order valence-electron chi connectivity index (χ1n) is 7.74. The molecule has 2 fully saturated rings. The van der Waals surface area contributed by atoms with Crippen LogP contribution in [0.3, 0.4) is 0 Å². The van der Waals surface area contributed by atoms with E-state index in [1.807, 2.05) is 12.1 Å². The number of fused-ring (bicyclic) bond motifs is 1. The summed E-state index contributed by atoms with van der Waals surface area (Å²) in [7, 11) is -3.21. The second-order valence-corrected chi connectivity index (χ2v) is 7.98. The first-order chi connectivity index (χ1) is 10.9. The zero-order valence-electron chi connectivity index (χ0n) is 13.0. The molecule has 7 nitrogen and oxygen atoms in total. The lowest BCUT2D eigenvalue weighted by atomic mass is 9.99. The first-order valence-corrected chi connectivity index (χ1v) is 9.59. The maximum atomic E-state index is 12.3. The largest absolute Gasteiger partial charge is 0.363 e. The van der Waals surface area contributed by atoms with Crippen molar-refractivity contribution in [3.8, 4) is 0 Å². The molecule has 23 heavy (non-hydrogen) atoms. The molecule has 8 heteroatoms. The van der Waals surface area contributed by atoms with Crippen molar-refractivity contribution >= 4 is 15.9 Å². The number of ether oxygens (including phenoxy) is 1. The molecule has 1 aromatic heterocycles. The van der Waals surface area contributed by atoms with Crippen LogP contribution >= 0.6 is 0 Å². The van der Waals surface area contributed by atoms with Crippen LogP contribution in [0, 0.1) is 0 Å². The number of carbonyl (C=O) groups excluding carboxylic acids is 1. The Kier molecular flexibility index (Phi) is 4.65. The van der Waals surface area contributed by atoms with E-state index in [0.717, 1.165) is 5.56 Å². The average molecular weight is 339 g/mol. The van der Waals surface area contributed by atoms with Crippen molar-refractivity contribution in [3.63, 3.8) is 0 Å². The summed E-state index contributed by atoms with van der Waals surface area (Å²) in [6, 6.07) is 3.58. The van der Waals surface area contributed by atoms with E-state index < -0.39 is 16.1 Å². The van der Waals surface area contributed by atoms with Gasteiger partial charge in [-0.2, -0.15) is 4.31 Å². The van der Waals surface area contributed by atoms with Crippen LogP contribution in [0.1, 0.15) is 24.8 Å². The van der Waals surface area contributed by atoms with Gasteiger partial charge < -0.3 is 10.1 Å². The molecule has 2 saturated heterocycles. The van der Waals surface area contributed by atoms with Crippen molar-refractivity contribution in [1.82, 2.24) is 14.6 Å². The van der Waals surface area contributed by atoms with Crippen LogP contribution in [0.15, 0.2) is 24.5 Å². The molecule has 0 unspecified atom stereocenters. The van der Waals surface area contributed by atoms with Gasteiger partial charge in [0, 0.05) is 25.5 Å². The number of nitrogens with zero attached hydrogens (tertiary/aromatic N) is 2. The van der Waals surface area contributed by atoms with E-state index in [1.165, 1.54) is 10.6 Å². The average Bonchev–Trinajstić information content (AvgIpc) is 2.96. The van der Waals surface area contributed by atoms with Crippen molar-refractivity contribution in [3.05, 3.63) is 30.1 Å². The summed E-state index contributed by atoms with van der Waals surface area (Å²) < 4.78 is 30.9. The van der Waals surface area contributed by atoms with Gasteiger partial charge in [-0.1, -0.05) is 6.07 Å². The molecular weight excluding hydrogens is 318 g/mol. The lowest BCUT2D eigenvalue weighted by Gasteiger charge is -2.34. The van der Waals surface area contributed by atoms with Gasteiger partial charge in [-0.3, -0.25) is 9.78 Å². The smallest absolute Gasteiger partial charge is 0.249 e. The molecule has 1 N–H and O–H groups in total. The molecule has 0 aromatic carbocycles. The minimum Gasteiger partial charge on any atom is -0.363 e. The predicted molar refractivity (Wildman–Crippen MR) is 83.9 cm³/mol. The van der Waals surface area contributed by atoms with Gasteiger partial charge in [0.05, 0.1) is 18.4 Å². The van der Waals surface area contributed by atoms with Gasteiger partial charge in [0.25, 0.3) is 0 Å². The quantitative estimate of drug-likeness (QED) is 0.851. The number of amides is 1. The minimum atomic E-state index is -3.21. The third-order valence-electron chi connectivity index (χ3n) is 4.40. The summed E-state index contributed by atoms with van der Waals surface area (Å²) >= 11 is 0. The predicted octanol–water partition coefficient (Wildman–Crippen LogP) is 0.279. The first kappa shape index (κ1) is 16.4. The van der Waals surface area contributed by atoms with E-state index in [4.69, 9.17) is 4.74 Å². The molecule has 1 amide bonds. The van der Waals surface area contributed by atoms with Crippen LogP contribution in [-0.4, -0.2) is 54.7 Å². The van der Waals surface area contributed by atoms with E-state index in [2.05, 4.69) is 10.3 Å². The summed E-state index contributed by atoms with van der Waals surface area (Å²) in [6.07, 6.45) is 5.75. The minimum absolute atomic E-state index is 0.132. The second-order valence-electron chi connectivity index (χ2n) is 6.05. The molecule has 0 aliphatic carbocycles. The fourth-order valence-corrected chi connectivity index (χ4v) is 4.47. The molecular formula is C15H21N3O4S. The van der Waals surface area contributed by atoms with E-state index in [0.29, 0.717) is 32.4 Å². The molecule has 3 heterocycles. The number of nitrogens with one attached hydrogen (secondary N) is 1. The van der Waals surface area contributed by atoms with Crippen LogP contribution in [0.2, 0.25) is 0 Å². The number of aromatic nitrogens is 1. The Morgan fingerprint density at radius 1 is 1.43 bits per heavy atom. The Morgan fingerprint density at radius 2 is 2.26 bits per heavy atom. The summed E-state index contributed by atoms with van der Waals surface area (Å²) in [4.78, 5) is 16.3. The van der Waals surface area contributed by atoms with Crippen molar-refractivity contribution in [2.24, 2.45) is 0 Å². The van der Waals surface area contributed by atoms with Gasteiger partial charge in [-0.25, -0.2) is 8.42 Å². The maximum absolute atomic E-state index is 12.3. The van der Waals surface area contributed by atoms with Crippen molar-refractivity contribution in [2.45, 2.75) is 44.1 Å². The van der Waals surface area contributed by atoms with Gasteiger partial charge in [-0.05, 0) is 30.9 Å². The number of carbonyl (C=O) groups is 1. The van der Waals surface area contributed by atoms with E-state index in [-0.39, 0.29) is 18.1 Å². The van der Waals surface area contributed by atoms with E-state index in [9.17, 15) is 13.2 Å². The lowest BCUT2D eigenvalue weighted by molar-refractivity contribution is -0.143. The van der Waals surface area contributed by atoms with Crippen LogP contribution in [0.25, 0.3) is 0 Å². The normalized spacial score (nSPS) is 28.3. The summed E-state index contributed by atoms with van der Waals surface area (Å²) in [5.41, 5.74) is 0.929. The third kappa shape index (κ3) is 3.70.